The summed E-state index contributed by atoms with van der Waals surface area (Å²) in [4.78, 5) is 10.7. The molecule has 0 radical (unpaired) electrons. The molecule has 0 bridgehead atoms. The van der Waals surface area contributed by atoms with E-state index in [-0.39, 0.29) is 13.2 Å². The Morgan fingerprint density at radius 1 is 1.37 bits per heavy atom. The second-order valence-corrected chi connectivity index (χ2v) is 4.75. The van der Waals surface area contributed by atoms with Crippen LogP contribution in [0.5, 0.6) is 11.5 Å². The van der Waals surface area contributed by atoms with Crippen molar-refractivity contribution in [3.05, 3.63) is 23.4 Å². The maximum Gasteiger partial charge on any atom is 0.303 e. The minimum Gasteiger partial charge on any atom is -0.481 e. The van der Waals surface area contributed by atoms with E-state index in [2.05, 4.69) is 0 Å². The number of ether oxygens (including phenoxy) is 2. The molecule has 0 fully saturated rings. The predicted octanol–water partition coefficient (Wildman–Crippen LogP) is 2.23. The molecule has 0 atom stereocenters. The Morgan fingerprint density at radius 3 is 2.74 bits per heavy atom. The zero-order chi connectivity index (χ0) is 13.6. The molecule has 1 aliphatic heterocycles. The number of carboxylic acid groups (broad SMARTS) is 1. The van der Waals surface area contributed by atoms with Gasteiger partial charge in [0, 0.05) is 24.2 Å². The first kappa shape index (κ1) is 11.9. The lowest BCUT2D eigenvalue weighted by Crippen LogP contribution is -2.03. The van der Waals surface area contributed by atoms with Crippen LogP contribution in [0, 0.1) is 6.92 Å². The van der Waals surface area contributed by atoms with Gasteiger partial charge >= 0.3 is 5.97 Å². The second-order valence-electron chi connectivity index (χ2n) is 4.75. The van der Waals surface area contributed by atoms with E-state index in [0.29, 0.717) is 6.42 Å². The maximum atomic E-state index is 10.7. The van der Waals surface area contributed by atoms with Crippen molar-refractivity contribution in [1.82, 2.24) is 4.57 Å². The molecule has 1 aliphatic rings. The molecule has 1 aromatic carbocycles. The van der Waals surface area contributed by atoms with Crippen molar-refractivity contribution in [2.24, 2.45) is 7.05 Å². The number of nitrogens with zero attached hydrogens (tertiary/aromatic N) is 1. The number of aryl methyl sites for hydroxylation is 2. The first-order valence-corrected chi connectivity index (χ1v) is 6.17. The normalized spacial score (nSPS) is 13.2. The van der Waals surface area contributed by atoms with Gasteiger partial charge in [-0.1, -0.05) is 0 Å². The lowest BCUT2D eigenvalue weighted by atomic mass is 10.1. The monoisotopic (exact) mass is 261 g/mol. The highest BCUT2D eigenvalue weighted by atomic mass is 16.7. The number of aliphatic carboxylic acids is 1. The molecule has 0 unspecified atom stereocenters. The van der Waals surface area contributed by atoms with Gasteiger partial charge in [-0.3, -0.25) is 4.79 Å². The third-order valence-electron chi connectivity index (χ3n) is 3.67. The summed E-state index contributed by atoms with van der Waals surface area (Å²) in [6.07, 6.45) is 0.663. The van der Waals surface area contributed by atoms with Crippen LogP contribution in [-0.4, -0.2) is 22.4 Å². The van der Waals surface area contributed by atoms with Crippen LogP contribution in [0.3, 0.4) is 0 Å². The van der Waals surface area contributed by atoms with E-state index in [1.807, 2.05) is 30.7 Å². The highest BCUT2D eigenvalue weighted by Gasteiger charge is 2.19. The number of fused-ring (bicyclic) bond motifs is 2. The molecule has 5 heteroatoms. The van der Waals surface area contributed by atoms with Crippen LogP contribution in [0.1, 0.15) is 17.7 Å². The van der Waals surface area contributed by atoms with E-state index in [1.165, 1.54) is 0 Å². The predicted molar refractivity (Wildman–Crippen MR) is 69.7 cm³/mol. The highest BCUT2D eigenvalue weighted by molar-refractivity contribution is 5.89. The summed E-state index contributed by atoms with van der Waals surface area (Å²) in [6.45, 7) is 2.28. The molecule has 19 heavy (non-hydrogen) atoms. The molecule has 100 valence electrons. The zero-order valence-corrected chi connectivity index (χ0v) is 10.9. The molecule has 0 amide bonds. The molecule has 1 aromatic heterocycles. The van der Waals surface area contributed by atoms with Crippen molar-refractivity contribution in [2.75, 3.05) is 6.79 Å². The van der Waals surface area contributed by atoms with Gasteiger partial charge in [0.1, 0.15) is 0 Å². The fourth-order valence-electron chi connectivity index (χ4n) is 2.64. The number of hydrogen-bond donors (Lipinski definition) is 1. The lowest BCUT2D eigenvalue weighted by molar-refractivity contribution is -0.136. The topological polar surface area (TPSA) is 60.7 Å². The molecule has 0 spiro atoms. The van der Waals surface area contributed by atoms with Gasteiger partial charge < -0.3 is 19.1 Å². The molecule has 0 aliphatic carbocycles. The van der Waals surface area contributed by atoms with Gasteiger partial charge in [0.25, 0.3) is 0 Å². The number of rotatable bonds is 3. The quantitative estimate of drug-likeness (QED) is 0.920. The first-order chi connectivity index (χ1) is 9.08. The summed E-state index contributed by atoms with van der Waals surface area (Å²) < 4.78 is 12.8. The number of hydrogen-bond acceptors (Lipinski definition) is 3. The summed E-state index contributed by atoms with van der Waals surface area (Å²) in [5.41, 5.74) is 3.19. The third-order valence-corrected chi connectivity index (χ3v) is 3.67. The molecule has 2 aromatic rings. The molecule has 1 N–H and O–H groups in total. The summed E-state index contributed by atoms with van der Waals surface area (Å²) in [6, 6.07) is 3.92. The maximum absolute atomic E-state index is 10.7. The second kappa shape index (κ2) is 4.19. The lowest BCUT2D eigenvalue weighted by Gasteiger charge is -2.04. The number of benzene rings is 1. The fraction of sp³-hybridized carbons (Fsp3) is 0.357. The average Bonchev–Trinajstić information content (AvgIpc) is 2.91. The van der Waals surface area contributed by atoms with Crippen LogP contribution >= 0.6 is 0 Å². The summed E-state index contributed by atoms with van der Waals surface area (Å²) >= 11 is 0. The number of carbonyl (C=O) groups is 1. The minimum atomic E-state index is -0.779. The van der Waals surface area contributed by atoms with Gasteiger partial charge in [-0.05, 0) is 25.0 Å². The minimum absolute atomic E-state index is 0.137. The van der Waals surface area contributed by atoms with E-state index < -0.39 is 5.97 Å². The molecule has 0 saturated carbocycles. The Labute approximate surface area is 110 Å². The third kappa shape index (κ3) is 1.82. The zero-order valence-electron chi connectivity index (χ0n) is 10.9. The standard InChI is InChI=1S/C14H15NO4/c1-8-9-5-12-13(19-7-18-12)6-11(9)15(2)10(8)3-4-14(16)17/h5-6H,3-4,7H2,1-2H3,(H,16,17). The van der Waals surface area contributed by atoms with Crippen LogP contribution in [0.2, 0.25) is 0 Å². The number of carboxylic acids is 1. The smallest absolute Gasteiger partial charge is 0.303 e. The van der Waals surface area contributed by atoms with Gasteiger partial charge in [0.05, 0.1) is 11.9 Å². The summed E-state index contributed by atoms with van der Waals surface area (Å²) in [7, 11) is 1.95. The Bertz CT molecular complexity index is 625. The van der Waals surface area contributed by atoms with E-state index in [4.69, 9.17) is 14.6 Å². The average molecular weight is 261 g/mol. The van der Waals surface area contributed by atoms with Crippen molar-refractivity contribution >= 4 is 16.9 Å². The SMILES string of the molecule is Cc1c(CCC(=O)O)n(C)c2cc3c(cc12)OCO3. The van der Waals surface area contributed by atoms with Gasteiger partial charge in [-0.15, -0.1) is 0 Å². The highest BCUT2D eigenvalue weighted by Crippen LogP contribution is 2.38. The van der Waals surface area contributed by atoms with Crippen molar-refractivity contribution in [1.29, 1.82) is 0 Å². The van der Waals surface area contributed by atoms with Crippen LogP contribution < -0.4 is 9.47 Å². The molecule has 3 rings (SSSR count). The molecule has 2 heterocycles. The molecular formula is C14H15NO4. The van der Waals surface area contributed by atoms with Gasteiger partial charge in [0.2, 0.25) is 6.79 Å². The molecular weight excluding hydrogens is 246 g/mol. The molecule has 0 saturated heterocycles. The number of aromatic nitrogens is 1. The summed E-state index contributed by atoms with van der Waals surface area (Å²) in [5, 5.41) is 9.91. The van der Waals surface area contributed by atoms with Crippen LogP contribution in [0.15, 0.2) is 12.1 Å². The first-order valence-electron chi connectivity index (χ1n) is 6.17. The summed E-state index contributed by atoms with van der Waals surface area (Å²) in [5.74, 6) is 0.725. The Balaban J connectivity index is 2.12. The Kier molecular flexibility index (Phi) is 2.62. The van der Waals surface area contributed by atoms with E-state index in [9.17, 15) is 4.79 Å². The van der Waals surface area contributed by atoms with Crippen molar-refractivity contribution in [3.8, 4) is 11.5 Å². The van der Waals surface area contributed by atoms with Gasteiger partial charge in [-0.2, -0.15) is 0 Å². The van der Waals surface area contributed by atoms with Crippen LogP contribution in [0.4, 0.5) is 0 Å². The largest absolute Gasteiger partial charge is 0.481 e. The Hall–Kier alpha value is -2.17. The van der Waals surface area contributed by atoms with E-state index in [1.54, 1.807) is 0 Å². The fourth-order valence-corrected chi connectivity index (χ4v) is 2.64. The van der Waals surface area contributed by atoms with Crippen LogP contribution in [-0.2, 0) is 18.3 Å². The van der Waals surface area contributed by atoms with E-state index >= 15 is 0 Å². The molecule has 5 nitrogen and oxygen atoms in total. The van der Waals surface area contributed by atoms with Gasteiger partial charge in [-0.25, -0.2) is 0 Å². The van der Waals surface area contributed by atoms with Crippen molar-refractivity contribution in [2.45, 2.75) is 19.8 Å². The van der Waals surface area contributed by atoms with Crippen molar-refractivity contribution in [3.63, 3.8) is 0 Å². The van der Waals surface area contributed by atoms with Gasteiger partial charge in [0.15, 0.2) is 11.5 Å². The van der Waals surface area contributed by atoms with Crippen molar-refractivity contribution < 1.29 is 19.4 Å². The Morgan fingerprint density at radius 2 is 2.05 bits per heavy atom. The van der Waals surface area contributed by atoms with E-state index in [0.717, 1.165) is 33.7 Å². The van der Waals surface area contributed by atoms with Crippen LogP contribution in [0.25, 0.3) is 10.9 Å².